The zero-order chi connectivity index (χ0) is 25.0. The Morgan fingerprint density at radius 3 is 2.37 bits per heavy atom. The van der Waals surface area contributed by atoms with Gasteiger partial charge < -0.3 is 19.1 Å². The van der Waals surface area contributed by atoms with Crippen LogP contribution < -0.4 is 9.64 Å². The number of benzene rings is 1. The third-order valence-corrected chi connectivity index (χ3v) is 5.36. The van der Waals surface area contributed by atoms with Gasteiger partial charge in [0.2, 0.25) is 11.8 Å². The molecule has 2 aromatic rings. The molecule has 0 unspecified atom stereocenters. The molecule has 4 rings (SSSR count). The van der Waals surface area contributed by atoms with Gasteiger partial charge in [-0.3, -0.25) is 14.6 Å². The quantitative estimate of drug-likeness (QED) is 0.637. The summed E-state index contributed by atoms with van der Waals surface area (Å²) in [5, 5.41) is 0. The van der Waals surface area contributed by atoms with Crippen molar-refractivity contribution in [3.63, 3.8) is 0 Å². The first-order chi connectivity index (χ1) is 16.7. The molecule has 3 heterocycles. The standard InChI is InChI=1S/C24H29N5O6/c1-24(2,3)35-23(32)28-13-18(14-28)34-20-12-25-19(11-26-20)29-10-9-27(15-21(29)30)22(31)33-16-17-7-5-4-6-8-17/h4-8,11-12,18H,9-10,13-16H2,1-3H3. The summed E-state index contributed by atoms with van der Waals surface area (Å²) in [6.07, 6.45) is 1.80. The summed E-state index contributed by atoms with van der Waals surface area (Å²) in [6, 6.07) is 9.36. The van der Waals surface area contributed by atoms with Gasteiger partial charge in [0.1, 0.15) is 24.9 Å². The lowest BCUT2D eigenvalue weighted by atomic mass is 10.2. The Balaban J connectivity index is 1.22. The average molecular weight is 484 g/mol. The molecule has 0 spiro atoms. The Kier molecular flexibility index (Phi) is 7.04. The van der Waals surface area contributed by atoms with Gasteiger partial charge in [-0.05, 0) is 26.3 Å². The second kappa shape index (κ2) is 10.2. The fourth-order valence-electron chi connectivity index (χ4n) is 3.55. The Morgan fingerprint density at radius 2 is 1.74 bits per heavy atom. The number of piperazine rings is 1. The number of amides is 3. The molecule has 0 aliphatic carbocycles. The van der Waals surface area contributed by atoms with E-state index < -0.39 is 11.7 Å². The van der Waals surface area contributed by atoms with Gasteiger partial charge in [0.05, 0.1) is 25.5 Å². The summed E-state index contributed by atoms with van der Waals surface area (Å²) >= 11 is 0. The van der Waals surface area contributed by atoms with E-state index in [1.807, 2.05) is 51.1 Å². The Labute approximate surface area is 203 Å². The minimum atomic E-state index is -0.546. The molecule has 0 bridgehead atoms. The monoisotopic (exact) mass is 483 g/mol. The zero-order valence-corrected chi connectivity index (χ0v) is 20.0. The van der Waals surface area contributed by atoms with Gasteiger partial charge in [0.15, 0.2) is 5.82 Å². The topological polar surface area (TPSA) is 114 Å². The highest BCUT2D eigenvalue weighted by molar-refractivity contribution is 5.96. The van der Waals surface area contributed by atoms with Crippen LogP contribution in [0.2, 0.25) is 0 Å². The molecule has 2 fully saturated rings. The Morgan fingerprint density at radius 1 is 1.00 bits per heavy atom. The maximum atomic E-state index is 12.6. The summed E-state index contributed by atoms with van der Waals surface area (Å²) in [5.74, 6) is 0.407. The summed E-state index contributed by atoms with van der Waals surface area (Å²) in [6.45, 7) is 6.91. The third kappa shape index (κ3) is 6.37. The minimum Gasteiger partial charge on any atom is -0.469 e. The molecule has 0 N–H and O–H groups in total. The summed E-state index contributed by atoms with van der Waals surface area (Å²) in [4.78, 5) is 49.9. The molecule has 1 aromatic heterocycles. The highest BCUT2D eigenvalue weighted by Crippen LogP contribution is 2.21. The number of likely N-dealkylation sites (tertiary alicyclic amines) is 1. The van der Waals surface area contributed by atoms with E-state index in [2.05, 4.69) is 9.97 Å². The van der Waals surface area contributed by atoms with Crippen LogP contribution in [-0.4, -0.2) is 82.3 Å². The molecule has 1 aromatic carbocycles. The average Bonchev–Trinajstić information content (AvgIpc) is 2.79. The van der Waals surface area contributed by atoms with Crippen LogP contribution in [0.3, 0.4) is 0 Å². The van der Waals surface area contributed by atoms with Crippen molar-refractivity contribution in [1.29, 1.82) is 0 Å². The number of anilines is 1. The van der Waals surface area contributed by atoms with Crippen molar-refractivity contribution in [3.8, 4) is 5.88 Å². The van der Waals surface area contributed by atoms with Crippen molar-refractivity contribution in [2.24, 2.45) is 0 Å². The lowest BCUT2D eigenvalue weighted by Crippen LogP contribution is -2.57. The molecule has 11 nitrogen and oxygen atoms in total. The number of hydrogen-bond acceptors (Lipinski definition) is 8. The van der Waals surface area contributed by atoms with Crippen molar-refractivity contribution < 1.29 is 28.6 Å². The molecule has 0 saturated carbocycles. The molecule has 0 atom stereocenters. The van der Waals surface area contributed by atoms with E-state index in [0.717, 1.165) is 5.56 Å². The van der Waals surface area contributed by atoms with Crippen LogP contribution >= 0.6 is 0 Å². The number of rotatable bonds is 5. The molecular formula is C24H29N5O6. The summed E-state index contributed by atoms with van der Waals surface area (Å²) < 4.78 is 16.4. The SMILES string of the molecule is CC(C)(C)OC(=O)N1CC(Oc2cnc(N3CCN(C(=O)OCc4ccccc4)CC3=O)cn2)C1. The van der Waals surface area contributed by atoms with Gasteiger partial charge in [-0.15, -0.1) is 0 Å². The van der Waals surface area contributed by atoms with Gasteiger partial charge in [-0.2, -0.15) is 0 Å². The predicted molar refractivity (Wildman–Crippen MR) is 125 cm³/mol. The second-order valence-electron chi connectivity index (χ2n) is 9.35. The van der Waals surface area contributed by atoms with E-state index in [1.165, 1.54) is 22.2 Å². The van der Waals surface area contributed by atoms with Gasteiger partial charge in [-0.1, -0.05) is 30.3 Å². The highest BCUT2D eigenvalue weighted by atomic mass is 16.6. The maximum Gasteiger partial charge on any atom is 0.410 e. The lowest BCUT2D eigenvalue weighted by molar-refractivity contribution is -0.121. The number of hydrogen-bond donors (Lipinski definition) is 0. The molecule has 186 valence electrons. The summed E-state index contributed by atoms with van der Waals surface area (Å²) in [7, 11) is 0. The molecular weight excluding hydrogens is 454 g/mol. The van der Waals surface area contributed by atoms with Crippen molar-refractivity contribution in [3.05, 3.63) is 48.3 Å². The van der Waals surface area contributed by atoms with Crippen molar-refractivity contribution in [2.75, 3.05) is 37.6 Å². The first-order valence-electron chi connectivity index (χ1n) is 11.4. The van der Waals surface area contributed by atoms with Crippen LogP contribution in [0, 0.1) is 0 Å². The number of nitrogens with zero attached hydrogens (tertiary/aromatic N) is 5. The Bertz CT molecular complexity index is 1050. The maximum absolute atomic E-state index is 12.6. The predicted octanol–water partition coefficient (Wildman–Crippen LogP) is 2.46. The van der Waals surface area contributed by atoms with Crippen LogP contribution in [0.5, 0.6) is 5.88 Å². The van der Waals surface area contributed by atoms with Gasteiger partial charge in [0, 0.05) is 13.1 Å². The molecule has 2 aliphatic heterocycles. The fraction of sp³-hybridized carbons (Fsp3) is 0.458. The van der Waals surface area contributed by atoms with Crippen molar-refractivity contribution in [2.45, 2.75) is 39.1 Å². The molecule has 0 radical (unpaired) electrons. The van der Waals surface area contributed by atoms with E-state index in [4.69, 9.17) is 14.2 Å². The number of carbonyl (C=O) groups excluding carboxylic acids is 3. The normalized spacial score (nSPS) is 16.5. The summed E-state index contributed by atoms with van der Waals surface area (Å²) in [5.41, 5.74) is 0.332. The Hall–Kier alpha value is -3.89. The van der Waals surface area contributed by atoms with Crippen molar-refractivity contribution >= 4 is 23.9 Å². The number of carbonyl (C=O) groups is 3. The smallest absolute Gasteiger partial charge is 0.410 e. The number of ether oxygens (including phenoxy) is 3. The zero-order valence-electron chi connectivity index (χ0n) is 20.0. The van der Waals surface area contributed by atoms with Crippen molar-refractivity contribution in [1.82, 2.24) is 19.8 Å². The van der Waals surface area contributed by atoms with E-state index >= 15 is 0 Å². The van der Waals surface area contributed by atoms with E-state index in [0.29, 0.717) is 31.3 Å². The first kappa shape index (κ1) is 24.2. The van der Waals surface area contributed by atoms with Crippen LogP contribution in [0.25, 0.3) is 0 Å². The molecule has 35 heavy (non-hydrogen) atoms. The molecule has 2 saturated heterocycles. The highest BCUT2D eigenvalue weighted by Gasteiger charge is 2.35. The van der Waals surface area contributed by atoms with Crippen LogP contribution in [0.15, 0.2) is 42.7 Å². The number of aromatic nitrogens is 2. The van der Waals surface area contributed by atoms with Gasteiger partial charge in [0.25, 0.3) is 0 Å². The fourth-order valence-corrected chi connectivity index (χ4v) is 3.55. The van der Waals surface area contributed by atoms with Gasteiger partial charge in [-0.25, -0.2) is 19.6 Å². The van der Waals surface area contributed by atoms with Gasteiger partial charge >= 0.3 is 12.2 Å². The van der Waals surface area contributed by atoms with Crippen LogP contribution in [0.1, 0.15) is 26.3 Å². The molecule has 11 heteroatoms. The third-order valence-electron chi connectivity index (χ3n) is 5.36. The molecule has 3 amide bonds. The molecule has 2 aliphatic rings. The lowest BCUT2D eigenvalue weighted by Gasteiger charge is -2.39. The first-order valence-corrected chi connectivity index (χ1v) is 11.4. The van der Waals surface area contributed by atoms with E-state index in [-0.39, 0.29) is 37.8 Å². The van der Waals surface area contributed by atoms with E-state index in [1.54, 1.807) is 4.90 Å². The largest absolute Gasteiger partial charge is 0.469 e. The van der Waals surface area contributed by atoms with E-state index in [9.17, 15) is 14.4 Å². The van der Waals surface area contributed by atoms with Crippen LogP contribution in [0.4, 0.5) is 15.4 Å². The second-order valence-corrected chi connectivity index (χ2v) is 9.35. The minimum absolute atomic E-state index is 0.101. The van der Waals surface area contributed by atoms with Crippen LogP contribution in [-0.2, 0) is 20.9 Å².